The summed E-state index contributed by atoms with van der Waals surface area (Å²) in [4.78, 5) is 1.43. The van der Waals surface area contributed by atoms with E-state index >= 15 is 0 Å². The van der Waals surface area contributed by atoms with E-state index in [4.69, 9.17) is 15.6 Å². The first-order valence-corrected chi connectivity index (χ1v) is 8.82. The van der Waals surface area contributed by atoms with Gasteiger partial charge in [-0.25, -0.2) is 9.07 Å². The fourth-order valence-corrected chi connectivity index (χ4v) is 3.37. The number of anilines is 1. The minimum absolute atomic E-state index is 0.277. The Hall–Kier alpha value is -2.70. The maximum absolute atomic E-state index is 13.3. The first-order valence-electron chi connectivity index (χ1n) is 8.82. The third-order valence-electron chi connectivity index (χ3n) is 4.74. The van der Waals surface area contributed by atoms with Crippen molar-refractivity contribution in [3.63, 3.8) is 0 Å². The molecule has 5 nitrogen and oxygen atoms in total. The number of morpholine rings is 1. The average molecular weight is 353 g/mol. The van der Waals surface area contributed by atoms with Gasteiger partial charge in [-0.2, -0.15) is 5.10 Å². The van der Waals surface area contributed by atoms with Crippen molar-refractivity contribution in [2.24, 2.45) is 0 Å². The molecule has 1 aliphatic heterocycles. The Labute approximate surface area is 151 Å². The van der Waals surface area contributed by atoms with E-state index in [0.717, 1.165) is 55.4 Å². The molecule has 2 aromatic carbocycles. The second-order valence-electron chi connectivity index (χ2n) is 6.50. The summed E-state index contributed by atoms with van der Waals surface area (Å²) in [7, 11) is 0. The van der Waals surface area contributed by atoms with Gasteiger partial charge in [0.25, 0.3) is 0 Å². The van der Waals surface area contributed by atoms with Gasteiger partial charge in [0.2, 0.25) is 0 Å². The van der Waals surface area contributed by atoms with Crippen molar-refractivity contribution in [3.05, 3.63) is 66.1 Å². The Morgan fingerprint density at radius 1 is 1.04 bits per heavy atom. The summed E-state index contributed by atoms with van der Waals surface area (Å²) in [6.07, 6.45) is 0. The number of quaternary nitrogens is 1. The first-order chi connectivity index (χ1) is 12.7. The summed E-state index contributed by atoms with van der Waals surface area (Å²) in [6.45, 7) is 4.23. The van der Waals surface area contributed by atoms with Crippen molar-refractivity contribution in [3.8, 4) is 16.8 Å². The Bertz CT molecular complexity index is 871. The molecule has 3 N–H and O–H groups in total. The van der Waals surface area contributed by atoms with Crippen molar-refractivity contribution < 1.29 is 14.0 Å². The van der Waals surface area contributed by atoms with Crippen LogP contribution >= 0.6 is 0 Å². The van der Waals surface area contributed by atoms with Gasteiger partial charge in [-0.05, 0) is 29.8 Å². The fraction of sp³-hybridized carbons (Fsp3) is 0.250. The number of nitrogens with two attached hydrogens (primary N) is 1. The van der Waals surface area contributed by atoms with E-state index in [1.165, 1.54) is 17.0 Å². The fourth-order valence-electron chi connectivity index (χ4n) is 3.37. The average Bonchev–Trinajstić information content (AvgIpc) is 3.00. The largest absolute Gasteiger partial charge is 0.383 e. The molecule has 0 saturated carbocycles. The standard InChI is InChI=1S/C20H21FN4O/c21-16-6-8-17(9-7-16)25-20(22)19(15-4-2-1-3-5-15)18(23-25)14-24-10-12-26-13-11-24/h1-9H,10-14,22H2/p+1. The Morgan fingerprint density at radius 3 is 2.42 bits per heavy atom. The lowest BCUT2D eigenvalue weighted by Gasteiger charge is -2.23. The molecule has 4 rings (SSSR count). The third kappa shape index (κ3) is 3.34. The van der Waals surface area contributed by atoms with Crippen LogP contribution in [0.3, 0.4) is 0 Å². The van der Waals surface area contributed by atoms with Crippen LogP contribution in [0.5, 0.6) is 0 Å². The maximum atomic E-state index is 13.3. The number of nitrogens with one attached hydrogen (secondary N) is 1. The summed E-state index contributed by atoms with van der Waals surface area (Å²) in [5.41, 5.74) is 10.2. The molecule has 1 fully saturated rings. The van der Waals surface area contributed by atoms with Crippen molar-refractivity contribution in [1.82, 2.24) is 9.78 Å². The van der Waals surface area contributed by atoms with E-state index < -0.39 is 0 Å². The predicted molar refractivity (Wildman–Crippen MR) is 98.6 cm³/mol. The molecule has 26 heavy (non-hydrogen) atoms. The molecule has 2 heterocycles. The molecular weight excluding hydrogens is 331 g/mol. The summed E-state index contributed by atoms with van der Waals surface area (Å²) in [6, 6.07) is 16.3. The van der Waals surface area contributed by atoms with E-state index in [1.807, 2.05) is 30.3 Å². The molecule has 0 unspecified atom stereocenters. The van der Waals surface area contributed by atoms with Crippen LogP contribution < -0.4 is 10.6 Å². The molecule has 134 valence electrons. The number of nitrogen functional groups attached to an aromatic ring is 1. The first kappa shape index (κ1) is 16.8. The number of nitrogens with zero attached hydrogens (tertiary/aromatic N) is 2. The minimum Gasteiger partial charge on any atom is -0.383 e. The van der Waals surface area contributed by atoms with Crippen LogP contribution in [0, 0.1) is 5.82 Å². The molecule has 0 radical (unpaired) electrons. The number of ether oxygens (including phenoxy) is 1. The van der Waals surface area contributed by atoms with Gasteiger partial charge < -0.3 is 15.4 Å². The van der Waals surface area contributed by atoms with E-state index in [0.29, 0.717) is 5.82 Å². The highest BCUT2D eigenvalue weighted by atomic mass is 19.1. The van der Waals surface area contributed by atoms with Crippen LogP contribution in [-0.2, 0) is 11.3 Å². The summed E-state index contributed by atoms with van der Waals surface area (Å²) < 4.78 is 20.4. The summed E-state index contributed by atoms with van der Waals surface area (Å²) >= 11 is 0. The van der Waals surface area contributed by atoms with Crippen molar-refractivity contribution in [2.45, 2.75) is 6.54 Å². The topological polar surface area (TPSA) is 57.5 Å². The minimum atomic E-state index is -0.277. The number of aromatic nitrogens is 2. The van der Waals surface area contributed by atoms with Crippen molar-refractivity contribution in [1.29, 1.82) is 0 Å². The number of hydrogen-bond acceptors (Lipinski definition) is 3. The molecule has 0 amide bonds. The molecule has 1 aromatic heterocycles. The highest BCUT2D eigenvalue weighted by molar-refractivity contribution is 5.77. The normalized spacial score (nSPS) is 15.3. The monoisotopic (exact) mass is 353 g/mol. The van der Waals surface area contributed by atoms with Gasteiger partial charge in [0.1, 0.15) is 37.0 Å². The van der Waals surface area contributed by atoms with Gasteiger partial charge in [-0.1, -0.05) is 30.3 Å². The van der Waals surface area contributed by atoms with Crippen molar-refractivity contribution >= 4 is 5.82 Å². The van der Waals surface area contributed by atoms with E-state index in [1.54, 1.807) is 16.8 Å². The quantitative estimate of drug-likeness (QED) is 0.750. The third-order valence-corrected chi connectivity index (χ3v) is 4.74. The Balaban J connectivity index is 1.77. The molecule has 1 aliphatic rings. The van der Waals surface area contributed by atoms with Gasteiger partial charge in [-0.15, -0.1) is 0 Å². The maximum Gasteiger partial charge on any atom is 0.135 e. The zero-order chi connectivity index (χ0) is 17.9. The van der Waals surface area contributed by atoms with Gasteiger partial charge in [0, 0.05) is 0 Å². The van der Waals surface area contributed by atoms with Crippen LogP contribution in [-0.4, -0.2) is 36.1 Å². The second-order valence-corrected chi connectivity index (χ2v) is 6.50. The Morgan fingerprint density at radius 2 is 1.73 bits per heavy atom. The zero-order valence-corrected chi connectivity index (χ0v) is 14.5. The highest BCUT2D eigenvalue weighted by Gasteiger charge is 2.23. The van der Waals surface area contributed by atoms with Gasteiger partial charge >= 0.3 is 0 Å². The van der Waals surface area contributed by atoms with E-state index in [9.17, 15) is 4.39 Å². The lowest BCUT2D eigenvalue weighted by molar-refractivity contribution is -0.921. The molecule has 0 atom stereocenters. The van der Waals surface area contributed by atoms with Gasteiger partial charge in [0.15, 0.2) is 0 Å². The highest BCUT2D eigenvalue weighted by Crippen LogP contribution is 2.31. The van der Waals surface area contributed by atoms with E-state index in [-0.39, 0.29) is 5.82 Å². The molecule has 0 spiro atoms. The lowest BCUT2D eigenvalue weighted by atomic mass is 10.0. The summed E-state index contributed by atoms with van der Waals surface area (Å²) in [5, 5.41) is 4.79. The predicted octanol–water partition coefficient (Wildman–Crippen LogP) is 1.68. The smallest absolute Gasteiger partial charge is 0.135 e. The lowest BCUT2D eigenvalue weighted by Crippen LogP contribution is -3.12. The number of halogens is 1. The SMILES string of the molecule is Nc1c(-c2ccccc2)c(C[NH+]2CCOCC2)nn1-c1ccc(F)cc1. The molecule has 1 saturated heterocycles. The zero-order valence-electron chi connectivity index (χ0n) is 14.5. The molecule has 3 aromatic rings. The van der Waals surface area contributed by atoms with Crippen LogP contribution in [0.4, 0.5) is 10.2 Å². The molecular formula is C20H22FN4O+. The number of benzene rings is 2. The van der Waals surface area contributed by atoms with Crippen LogP contribution in [0.15, 0.2) is 54.6 Å². The second kappa shape index (κ2) is 7.27. The van der Waals surface area contributed by atoms with Crippen LogP contribution in [0.2, 0.25) is 0 Å². The van der Waals surface area contributed by atoms with E-state index in [2.05, 4.69) is 0 Å². The van der Waals surface area contributed by atoms with Gasteiger partial charge in [-0.3, -0.25) is 0 Å². The summed E-state index contributed by atoms with van der Waals surface area (Å²) in [5.74, 6) is 0.297. The molecule has 0 bridgehead atoms. The number of rotatable bonds is 4. The van der Waals surface area contributed by atoms with Crippen molar-refractivity contribution in [2.75, 3.05) is 32.0 Å². The van der Waals surface area contributed by atoms with Gasteiger partial charge in [0.05, 0.1) is 24.5 Å². The Kier molecular flexibility index (Phi) is 4.69. The molecule has 6 heteroatoms. The van der Waals surface area contributed by atoms with Crippen LogP contribution in [0.25, 0.3) is 16.8 Å². The van der Waals surface area contributed by atoms with Crippen LogP contribution in [0.1, 0.15) is 5.69 Å². The number of hydrogen-bond donors (Lipinski definition) is 2. The molecule has 0 aliphatic carbocycles.